The molecule has 0 saturated carbocycles. The average Bonchev–Trinajstić information content (AvgIpc) is 2.35. The number of amides is 2. The van der Waals surface area contributed by atoms with Crippen molar-refractivity contribution < 1.29 is 14.3 Å². The van der Waals surface area contributed by atoms with Crippen molar-refractivity contribution in [3.8, 4) is 0 Å². The number of carbonyl (C=O) groups is 2. The van der Waals surface area contributed by atoms with E-state index in [1.807, 2.05) is 20.8 Å². The average molecular weight is 270 g/mol. The third-order valence-corrected chi connectivity index (χ3v) is 3.76. The maximum Gasteiger partial charge on any atom is 0.245 e. The fourth-order valence-corrected chi connectivity index (χ4v) is 2.23. The molecule has 0 aromatic rings. The highest BCUT2D eigenvalue weighted by Crippen LogP contribution is 2.19. The standard InChI is InChI=1S/C14H26N2O3/c1-6-7-11-12(17)15-10(2)13(18)16(11)9-8-14(3,4)19-5/h10-11H,6-9H2,1-5H3,(H,15,17). The SMILES string of the molecule is CCCC1C(=O)NC(C)C(=O)N1CCC(C)(C)OC. The fraction of sp³-hybridized carbons (Fsp3) is 0.857. The number of methoxy groups -OCH3 is 1. The Labute approximate surface area is 115 Å². The minimum Gasteiger partial charge on any atom is -0.379 e. The Morgan fingerprint density at radius 2 is 2.00 bits per heavy atom. The summed E-state index contributed by atoms with van der Waals surface area (Å²) in [7, 11) is 1.66. The van der Waals surface area contributed by atoms with Gasteiger partial charge in [-0.05, 0) is 33.6 Å². The molecular formula is C14H26N2O3. The van der Waals surface area contributed by atoms with E-state index in [4.69, 9.17) is 4.74 Å². The lowest BCUT2D eigenvalue weighted by Crippen LogP contribution is -2.62. The minimum atomic E-state index is -0.425. The van der Waals surface area contributed by atoms with Crippen LogP contribution in [0.25, 0.3) is 0 Å². The molecule has 2 atom stereocenters. The quantitative estimate of drug-likeness (QED) is 0.792. The molecule has 5 heteroatoms. The number of nitrogens with one attached hydrogen (secondary N) is 1. The van der Waals surface area contributed by atoms with Gasteiger partial charge in [0.25, 0.3) is 0 Å². The molecule has 1 rings (SSSR count). The first-order valence-electron chi connectivity index (χ1n) is 6.98. The molecule has 2 unspecified atom stereocenters. The summed E-state index contributed by atoms with van der Waals surface area (Å²) in [6, 6.07) is -0.757. The molecule has 0 aromatic carbocycles. The van der Waals surface area contributed by atoms with Gasteiger partial charge in [-0.3, -0.25) is 9.59 Å². The molecular weight excluding hydrogens is 244 g/mol. The summed E-state index contributed by atoms with van der Waals surface area (Å²) in [6.45, 7) is 8.28. The Bertz CT molecular complexity index is 342. The molecule has 5 nitrogen and oxygen atoms in total. The Kier molecular flexibility index (Phi) is 5.35. The van der Waals surface area contributed by atoms with Crippen LogP contribution in [0.3, 0.4) is 0 Å². The summed E-state index contributed by atoms with van der Waals surface area (Å²) >= 11 is 0. The largest absolute Gasteiger partial charge is 0.379 e. The number of piperazine rings is 1. The molecule has 110 valence electrons. The predicted octanol–water partition coefficient (Wildman–Crippen LogP) is 1.32. The van der Waals surface area contributed by atoms with Crippen LogP contribution in [0.5, 0.6) is 0 Å². The third kappa shape index (κ3) is 3.93. The van der Waals surface area contributed by atoms with E-state index in [2.05, 4.69) is 5.32 Å². The molecule has 0 radical (unpaired) electrons. The summed E-state index contributed by atoms with van der Waals surface area (Å²) < 4.78 is 5.37. The van der Waals surface area contributed by atoms with Crippen LogP contribution in [0.1, 0.15) is 47.0 Å². The van der Waals surface area contributed by atoms with Gasteiger partial charge in [0.15, 0.2) is 0 Å². The van der Waals surface area contributed by atoms with Crippen LogP contribution in [-0.4, -0.2) is 48.1 Å². The minimum absolute atomic E-state index is 0.00459. The molecule has 1 aliphatic rings. The maximum absolute atomic E-state index is 12.2. The van der Waals surface area contributed by atoms with Gasteiger partial charge >= 0.3 is 0 Å². The molecule has 1 heterocycles. The van der Waals surface area contributed by atoms with Crippen molar-refractivity contribution in [3.05, 3.63) is 0 Å². The summed E-state index contributed by atoms with van der Waals surface area (Å²) in [4.78, 5) is 26.0. The monoisotopic (exact) mass is 270 g/mol. The lowest BCUT2D eigenvalue weighted by Gasteiger charge is -2.39. The first-order valence-corrected chi connectivity index (χ1v) is 6.98. The highest BCUT2D eigenvalue weighted by Gasteiger charge is 2.38. The van der Waals surface area contributed by atoms with Gasteiger partial charge in [-0.25, -0.2) is 0 Å². The summed E-state index contributed by atoms with van der Waals surface area (Å²) in [5.41, 5.74) is -0.284. The van der Waals surface area contributed by atoms with Crippen molar-refractivity contribution in [2.24, 2.45) is 0 Å². The van der Waals surface area contributed by atoms with Gasteiger partial charge in [0.05, 0.1) is 5.60 Å². The second-order valence-corrected chi connectivity index (χ2v) is 5.78. The van der Waals surface area contributed by atoms with E-state index >= 15 is 0 Å². The summed E-state index contributed by atoms with van der Waals surface area (Å²) in [5, 5.41) is 2.74. The topological polar surface area (TPSA) is 58.6 Å². The van der Waals surface area contributed by atoms with E-state index in [0.717, 1.165) is 12.8 Å². The second-order valence-electron chi connectivity index (χ2n) is 5.78. The lowest BCUT2D eigenvalue weighted by molar-refractivity contribution is -0.150. The van der Waals surface area contributed by atoms with Gasteiger partial charge in [-0.2, -0.15) is 0 Å². The van der Waals surface area contributed by atoms with Crippen molar-refractivity contribution in [2.75, 3.05) is 13.7 Å². The summed E-state index contributed by atoms with van der Waals surface area (Å²) in [6.07, 6.45) is 2.30. The molecule has 0 spiro atoms. The van der Waals surface area contributed by atoms with Crippen molar-refractivity contribution >= 4 is 11.8 Å². The van der Waals surface area contributed by atoms with Crippen molar-refractivity contribution in [1.29, 1.82) is 0 Å². The predicted molar refractivity (Wildman–Crippen MR) is 73.7 cm³/mol. The van der Waals surface area contributed by atoms with E-state index in [0.29, 0.717) is 13.0 Å². The van der Waals surface area contributed by atoms with Crippen molar-refractivity contribution in [1.82, 2.24) is 10.2 Å². The second kappa shape index (κ2) is 6.37. The molecule has 19 heavy (non-hydrogen) atoms. The fourth-order valence-electron chi connectivity index (χ4n) is 2.23. The van der Waals surface area contributed by atoms with Crippen LogP contribution < -0.4 is 5.32 Å². The zero-order chi connectivity index (χ0) is 14.6. The highest BCUT2D eigenvalue weighted by molar-refractivity contribution is 5.96. The molecule has 0 bridgehead atoms. The number of carbonyl (C=O) groups excluding carboxylic acids is 2. The molecule has 0 aliphatic carbocycles. The van der Waals surface area contributed by atoms with Crippen molar-refractivity contribution in [3.63, 3.8) is 0 Å². The molecule has 1 aliphatic heterocycles. The molecule has 0 aromatic heterocycles. The Hall–Kier alpha value is -1.10. The molecule has 1 N–H and O–H groups in total. The number of hydrogen-bond acceptors (Lipinski definition) is 3. The van der Waals surface area contributed by atoms with Crippen LogP contribution in [0.15, 0.2) is 0 Å². The number of nitrogens with zero attached hydrogens (tertiary/aromatic N) is 1. The van der Waals surface area contributed by atoms with Crippen LogP contribution >= 0.6 is 0 Å². The third-order valence-electron chi connectivity index (χ3n) is 3.76. The van der Waals surface area contributed by atoms with Gasteiger partial charge in [0, 0.05) is 13.7 Å². The number of ether oxygens (including phenoxy) is 1. The number of hydrogen-bond donors (Lipinski definition) is 1. The highest BCUT2D eigenvalue weighted by atomic mass is 16.5. The van der Waals surface area contributed by atoms with E-state index < -0.39 is 6.04 Å². The van der Waals surface area contributed by atoms with Crippen molar-refractivity contribution in [2.45, 2.75) is 64.6 Å². The van der Waals surface area contributed by atoms with E-state index in [1.54, 1.807) is 18.9 Å². The smallest absolute Gasteiger partial charge is 0.245 e. The van der Waals surface area contributed by atoms with Gasteiger partial charge < -0.3 is 15.0 Å². The van der Waals surface area contributed by atoms with Crippen LogP contribution in [-0.2, 0) is 14.3 Å². The zero-order valence-electron chi connectivity index (χ0n) is 12.7. The van der Waals surface area contributed by atoms with E-state index in [9.17, 15) is 9.59 Å². The maximum atomic E-state index is 12.2. The molecule has 1 fully saturated rings. The molecule has 2 amide bonds. The van der Waals surface area contributed by atoms with Gasteiger partial charge in [0.1, 0.15) is 12.1 Å². The van der Waals surface area contributed by atoms with Crippen LogP contribution in [0.2, 0.25) is 0 Å². The van der Waals surface area contributed by atoms with Gasteiger partial charge in [0.2, 0.25) is 11.8 Å². The normalized spacial score (nSPS) is 24.6. The Balaban J connectivity index is 2.78. The Morgan fingerprint density at radius 3 is 2.53 bits per heavy atom. The Morgan fingerprint density at radius 1 is 1.37 bits per heavy atom. The van der Waals surface area contributed by atoms with Crippen LogP contribution in [0, 0.1) is 0 Å². The summed E-state index contributed by atoms with van der Waals surface area (Å²) in [5.74, 6) is -0.0332. The lowest BCUT2D eigenvalue weighted by atomic mass is 10.00. The van der Waals surface area contributed by atoms with Crippen LogP contribution in [0.4, 0.5) is 0 Å². The number of rotatable bonds is 6. The first kappa shape index (κ1) is 16.0. The molecule has 1 saturated heterocycles. The zero-order valence-corrected chi connectivity index (χ0v) is 12.7. The van der Waals surface area contributed by atoms with E-state index in [-0.39, 0.29) is 23.5 Å². The van der Waals surface area contributed by atoms with Gasteiger partial charge in [-0.15, -0.1) is 0 Å². The first-order chi connectivity index (χ1) is 8.82. The van der Waals surface area contributed by atoms with Gasteiger partial charge in [-0.1, -0.05) is 13.3 Å². The van der Waals surface area contributed by atoms with E-state index in [1.165, 1.54) is 0 Å².